The van der Waals surface area contributed by atoms with E-state index in [0.717, 1.165) is 11.8 Å². The Morgan fingerprint density at radius 1 is 1.18 bits per heavy atom. The molecule has 0 aliphatic rings. The van der Waals surface area contributed by atoms with Gasteiger partial charge in [-0.3, -0.25) is 9.18 Å². The zero-order valence-corrected chi connectivity index (χ0v) is 6.67. The molecule has 0 N–H and O–H groups in total. The Morgan fingerprint density at radius 2 is 1.64 bits per heavy atom. The monoisotopic (exact) mass is 154 g/mol. The van der Waals surface area contributed by atoms with Crippen molar-refractivity contribution in [3.63, 3.8) is 0 Å². The van der Waals surface area contributed by atoms with Gasteiger partial charge in [-0.05, 0) is 6.92 Å². The normalized spacial score (nSPS) is 7.91. The predicted octanol–water partition coefficient (Wildman–Crippen LogP) is 2.39. The number of hydrogen-bond donors (Lipinski definition) is 0. The lowest BCUT2D eigenvalue weighted by Crippen LogP contribution is -1.77. The maximum absolute atomic E-state index is 10.1. The van der Waals surface area contributed by atoms with Crippen molar-refractivity contribution in [2.75, 3.05) is 7.18 Å². The average Bonchev–Trinajstić information content (AvgIpc) is 2.10. The number of benzene rings is 1. The van der Waals surface area contributed by atoms with Crippen molar-refractivity contribution in [1.29, 1.82) is 0 Å². The van der Waals surface area contributed by atoms with Crippen molar-refractivity contribution in [2.45, 2.75) is 6.92 Å². The lowest BCUT2D eigenvalue weighted by atomic mass is 10.2. The number of aryl methyl sites for hydroxylation is 1. The fourth-order valence-corrected chi connectivity index (χ4v) is 0.645. The standard InChI is InChI=1S/C8H8O.CH3F/c1-7-2-4-8(6-9)5-3-7;1-2/h2-6H,1H3;1H3. The van der Waals surface area contributed by atoms with Crippen LogP contribution < -0.4 is 0 Å². The molecule has 0 fully saturated rings. The predicted molar refractivity (Wildman–Crippen MR) is 43.6 cm³/mol. The quantitative estimate of drug-likeness (QED) is 0.567. The van der Waals surface area contributed by atoms with Gasteiger partial charge in [-0.1, -0.05) is 29.8 Å². The molecule has 1 rings (SSSR count). The van der Waals surface area contributed by atoms with Crippen LogP contribution in [-0.4, -0.2) is 13.5 Å². The molecular weight excluding hydrogens is 143 g/mol. The highest BCUT2D eigenvalue weighted by Gasteiger charge is 1.85. The topological polar surface area (TPSA) is 17.1 Å². The highest BCUT2D eigenvalue weighted by molar-refractivity contribution is 5.74. The van der Waals surface area contributed by atoms with E-state index in [1.165, 1.54) is 5.56 Å². The van der Waals surface area contributed by atoms with Crippen LogP contribution in [0.15, 0.2) is 24.3 Å². The Hall–Kier alpha value is -1.18. The molecule has 0 spiro atoms. The molecule has 0 amide bonds. The van der Waals surface area contributed by atoms with Gasteiger partial charge < -0.3 is 0 Å². The first kappa shape index (κ1) is 9.82. The van der Waals surface area contributed by atoms with Gasteiger partial charge in [0.1, 0.15) is 6.29 Å². The number of alkyl halides is 1. The van der Waals surface area contributed by atoms with E-state index in [0.29, 0.717) is 7.18 Å². The van der Waals surface area contributed by atoms with Crippen LogP contribution in [0.2, 0.25) is 0 Å². The summed E-state index contributed by atoms with van der Waals surface area (Å²) in [6, 6.07) is 7.46. The van der Waals surface area contributed by atoms with Gasteiger partial charge in [0.25, 0.3) is 0 Å². The fraction of sp³-hybridized carbons (Fsp3) is 0.222. The number of carbonyl (C=O) groups excluding carboxylic acids is 1. The summed E-state index contributed by atoms with van der Waals surface area (Å²) >= 11 is 0. The molecule has 1 aromatic carbocycles. The first-order chi connectivity index (χ1) is 5.33. The van der Waals surface area contributed by atoms with Gasteiger partial charge in [0.15, 0.2) is 0 Å². The van der Waals surface area contributed by atoms with Crippen molar-refractivity contribution < 1.29 is 9.18 Å². The van der Waals surface area contributed by atoms with Gasteiger partial charge in [-0.25, -0.2) is 0 Å². The van der Waals surface area contributed by atoms with E-state index in [1.54, 1.807) is 0 Å². The molecule has 0 atom stereocenters. The third-order valence-electron chi connectivity index (χ3n) is 1.21. The molecule has 60 valence electrons. The SMILES string of the molecule is CF.Cc1ccc(C=O)cc1. The summed E-state index contributed by atoms with van der Waals surface area (Å²) in [5, 5.41) is 0. The maximum atomic E-state index is 10.1. The highest BCUT2D eigenvalue weighted by Crippen LogP contribution is 1.98. The Kier molecular flexibility index (Phi) is 4.99. The van der Waals surface area contributed by atoms with Crippen molar-refractivity contribution in [3.8, 4) is 0 Å². The summed E-state index contributed by atoms with van der Waals surface area (Å²) in [6.45, 7) is 1.99. The van der Waals surface area contributed by atoms with Crippen LogP contribution in [0.5, 0.6) is 0 Å². The van der Waals surface area contributed by atoms with Gasteiger partial charge in [-0.2, -0.15) is 0 Å². The van der Waals surface area contributed by atoms with Gasteiger partial charge >= 0.3 is 0 Å². The van der Waals surface area contributed by atoms with Crippen LogP contribution in [0.25, 0.3) is 0 Å². The van der Waals surface area contributed by atoms with Crippen molar-refractivity contribution in [3.05, 3.63) is 35.4 Å². The van der Waals surface area contributed by atoms with E-state index in [1.807, 2.05) is 31.2 Å². The van der Waals surface area contributed by atoms with Crippen LogP contribution in [-0.2, 0) is 0 Å². The Labute approximate surface area is 65.9 Å². The first-order valence-corrected chi connectivity index (χ1v) is 3.22. The number of rotatable bonds is 1. The van der Waals surface area contributed by atoms with Crippen LogP contribution >= 0.6 is 0 Å². The summed E-state index contributed by atoms with van der Waals surface area (Å²) in [5.41, 5.74) is 1.92. The van der Waals surface area contributed by atoms with Crippen LogP contribution in [0.3, 0.4) is 0 Å². The molecular formula is C9H11FO. The summed E-state index contributed by atoms with van der Waals surface area (Å²) in [4.78, 5) is 10.1. The van der Waals surface area contributed by atoms with Crippen molar-refractivity contribution >= 4 is 6.29 Å². The smallest absolute Gasteiger partial charge is 0.150 e. The maximum Gasteiger partial charge on any atom is 0.150 e. The van der Waals surface area contributed by atoms with E-state index >= 15 is 0 Å². The van der Waals surface area contributed by atoms with E-state index in [-0.39, 0.29) is 0 Å². The van der Waals surface area contributed by atoms with Gasteiger partial charge in [-0.15, -0.1) is 0 Å². The summed E-state index contributed by atoms with van der Waals surface area (Å²) in [6.07, 6.45) is 0.847. The second kappa shape index (κ2) is 5.59. The molecule has 1 aromatic rings. The molecule has 0 heterocycles. The molecule has 0 aromatic heterocycles. The molecule has 0 unspecified atom stereocenters. The molecule has 1 nitrogen and oxygen atoms in total. The minimum absolute atomic E-state index is 0.500. The zero-order chi connectivity index (χ0) is 8.69. The Morgan fingerprint density at radius 3 is 2.00 bits per heavy atom. The van der Waals surface area contributed by atoms with Gasteiger partial charge in [0.2, 0.25) is 0 Å². The minimum atomic E-state index is 0.500. The molecule has 0 aliphatic heterocycles. The number of aldehydes is 1. The van der Waals surface area contributed by atoms with E-state index in [4.69, 9.17) is 0 Å². The number of hydrogen-bond acceptors (Lipinski definition) is 1. The lowest BCUT2D eigenvalue weighted by molar-refractivity contribution is 0.112. The number of carbonyl (C=O) groups is 1. The summed E-state index contributed by atoms with van der Waals surface area (Å²) in [5.74, 6) is 0. The molecule has 0 saturated heterocycles. The van der Waals surface area contributed by atoms with Gasteiger partial charge in [0.05, 0.1) is 7.18 Å². The Bertz CT molecular complexity index is 203. The second-order valence-corrected chi connectivity index (χ2v) is 2.03. The van der Waals surface area contributed by atoms with Crippen LogP contribution in [0.4, 0.5) is 4.39 Å². The van der Waals surface area contributed by atoms with E-state index in [2.05, 4.69) is 0 Å². The lowest BCUT2D eigenvalue weighted by Gasteiger charge is -1.89. The first-order valence-electron chi connectivity index (χ1n) is 3.22. The third kappa shape index (κ3) is 3.50. The molecule has 0 aliphatic carbocycles. The molecule has 0 radical (unpaired) electrons. The van der Waals surface area contributed by atoms with Crippen molar-refractivity contribution in [1.82, 2.24) is 0 Å². The summed E-state index contributed by atoms with van der Waals surface area (Å²) < 4.78 is 9.50. The zero-order valence-electron chi connectivity index (χ0n) is 6.67. The van der Waals surface area contributed by atoms with Crippen LogP contribution in [0, 0.1) is 6.92 Å². The van der Waals surface area contributed by atoms with Crippen LogP contribution in [0.1, 0.15) is 15.9 Å². The molecule has 0 bridgehead atoms. The fourth-order valence-electron chi connectivity index (χ4n) is 0.645. The van der Waals surface area contributed by atoms with Crippen molar-refractivity contribution in [2.24, 2.45) is 0 Å². The van der Waals surface area contributed by atoms with Gasteiger partial charge in [0, 0.05) is 5.56 Å². The molecule has 2 heteroatoms. The summed E-state index contributed by atoms with van der Waals surface area (Å²) in [7, 11) is 0.500. The Balaban J connectivity index is 0.000000461. The average molecular weight is 154 g/mol. The largest absolute Gasteiger partial charge is 0.298 e. The second-order valence-electron chi connectivity index (χ2n) is 2.03. The molecule has 11 heavy (non-hydrogen) atoms. The number of halogens is 1. The third-order valence-corrected chi connectivity index (χ3v) is 1.21. The van der Waals surface area contributed by atoms with E-state index in [9.17, 15) is 9.18 Å². The minimum Gasteiger partial charge on any atom is -0.298 e. The highest BCUT2D eigenvalue weighted by atomic mass is 19.1. The molecule has 0 saturated carbocycles. The van der Waals surface area contributed by atoms with E-state index < -0.39 is 0 Å².